The number of hydrogen-bond donors (Lipinski definition) is 0. The molecular formula is C19H14O. The second-order valence-corrected chi connectivity index (χ2v) is 4.94. The van der Waals surface area contributed by atoms with Crippen LogP contribution in [0.5, 0.6) is 0 Å². The first-order chi connectivity index (χ1) is 9.74. The SMILES string of the molecule is Cc1ccc(C2=C(C#Cc3ccccc3)CC2=O)cc1. The predicted octanol–water partition coefficient (Wildman–Crippen LogP) is 3.77. The van der Waals surface area contributed by atoms with Gasteiger partial charge in [-0.2, -0.15) is 0 Å². The van der Waals surface area contributed by atoms with Crippen molar-refractivity contribution in [2.24, 2.45) is 0 Å². The Morgan fingerprint density at radius 3 is 2.25 bits per heavy atom. The lowest BCUT2D eigenvalue weighted by Crippen LogP contribution is -2.16. The molecule has 2 aromatic rings. The molecule has 0 fully saturated rings. The van der Waals surface area contributed by atoms with Crippen LogP contribution in [-0.2, 0) is 4.79 Å². The first-order valence-electron chi connectivity index (χ1n) is 6.64. The molecule has 0 atom stereocenters. The van der Waals surface area contributed by atoms with Gasteiger partial charge in [0.1, 0.15) is 0 Å². The number of ketones is 1. The second-order valence-electron chi connectivity index (χ2n) is 4.94. The smallest absolute Gasteiger partial charge is 0.169 e. The number of Topliss-reactive ketones (excluding diaryl/α,β-unsaturated/α-hetero) is 1. The molecule has 1 heteroatoms. The van der Waals surface area contributed by atoms with Gasteiger partial charge in [0.25, 0.3) is 0 Å². The summed E-state index contributed by atoms with van der Waals surface area (Å²) in [6, 6.07) is 17.9. The van der Waals surface area contributed by atoms with Crippen LogP contribution in [0.3, 0.4) is 0 Å². The Kier molecular flexibility index (Phi) is 3.23. The molecule has 0 saturated heterocycles. The van der Waals surface area contributed by atoms with Crippen molar-refractivity contribution in [1.82, 2.24) is 0 Å². The molecule has 0 unspecified atom stereocenters. The quantitative estimate of drug-likeness (QED) is 0.711. The summed E-state index contributed by atoms with van der Waals surface area (Å²) in [5, 5.41) is 0. The third-order valence-corrected chi connectivity index (χ3v) is 3.39. The highest BCUT2D eigenvalue weighted by Gasteiger charge is 2.26. The molecular weight excluding hydrogens is 244 g/mol. The van der Waals surface area contributed by atoms with Crippen molar-refractivity contribution in [2.45, 2.75) is 13.3 Å². The van der Waals surface area contributed by atoms with Gasteiger partial charge in [0, 0.05) is 23.1 Å². The van der Waals surface area contributed by atoms with E-state index >= 15 is 0 Å². The summed E-state index contributed by atoms with van der Waals surface area (Å²) in [6.45, 7) is 2.04. The van der Waals surface area contributed by atoms with Crippen LogP contribution in [0.2, 0.25) is 0 Å². The van der Waals surface area contributed by atoms with Crippen molar-refractivity contribution in [3.8, 4) is 11.8 Å². The molecule has 0 aromatic heterocycles. The first-order valence-corrected chi connectivity index (χ1v) is 6.64. The Bertz CT molecular complexity index is 738. The molecule has 0 heterocycles. The van der Waals surface area contributed by atoms with Gasteiger partial charge in [0.15, 0.2) is 5.78 Å². The normalized spacial score (nSPS) is 13.6. The van der Waals surface area contributed by atoms with Gasteiger partial charge in [-0.15, -0.1) is 0 Å². The Labute approximate surface area is 119 Å². The van der Waals surface area contributed by atoms with Crippen LogP contribution in [0.15, 0.2) is 60.2 Å². The molecule has 0 spiro atoms. The third-order valence-electron chi connectivity index (χ3n) is 3.39. The molecule has 0 bridgehead atoms. The van der Waals surface area contributed by atoms with E-state index in [4.69, 9.17) is 0 Å². The number of benzene rings is 2. The maximum atomic E-state index is 11.8. The zero-order valence-corrected chi connectivity index (χ0v) is 11.3. The Hall–Kier alpha value is -2.59. The number of rotatable bonds is 1. The fourth-order valence-electron chi connectivity index (χ4n) is 2.23. The zero-order valence-electron chi connectivity index (χ0n) is 11.3. The molecule has 0 aliphatic heterocycles. The van der Waals surface area contributed by atoms with Gasteiger partial charge in [0.05, 0.1) is 0 Å². The van der Waals surface area contributed by atoms with Gasteiger partial charge in [-0.1, -0.05) is 59.9 Å². The molecule has 1 aliphatic rings. The van der Waals surface area contributed by atoms with E-state index in [9.17, 15) is 4.79 Å². The fourth-order valence-corrected chi connectivity index (χ4v) is 2.23. The minimum absolute atomic E-state index is 0.186. The fraction of sp³-hybridized carbons (Fsp3) is 0.105. The van der Waals surface area contributed by atoms with Crippen molar-refractivity contribution >= 4 is 11.4 Å². The molecule has 0 saturated carbocycles. The third kappa shape index (κ3) is 2.41. The van der Waals surface area contributed by atoms with Crippen LogP contribution in [0.1, 0.15) is 23.1 Å². The van der Waals surface area contributed by atoms with Gasteiger partial charge in [-0.3, -0.25) is 4.79 Å². The first kappa shape index (κ1) is 12.4. The van der Waals surface area contributed by atoms with E-state index in [0.29, 0.717) is 6.42 Å². The lowest BCUT2D eigenvalue weighted by Gasteiger charge is -2.18. The van der Waals surface area contributed by atoms with Gasteiger partial charge in [-0.25, -0.2) is 0 Å². The lowest BCUT2D eigenvalue weighted by molar-refractivity contribution is -0.114. The molecule has 1 aliphatic carbocycles. The minimum Gasteiger partial charge on any atom is -0.294 e. The van der Waals surface area contributed by atoms with E-state index in [1.54, 1.807) is 0 Å². The van der Waals surface area contributed by atoms with E-state index in [1.165, 1.54) is 5.56 Å². The summed E-state index contributed by atoms with van der Waals surface area (Å²) in [5.74, 6) is 6.44. The summed E-state index contributed by atoms with van der Waals surface area (Å²) in [6.07, 6.45) is 0.461. The van der Waals surface area contributed by atoms with Crippen LogP contribution in [0.25, 0.3) is 5.57 Å². The number of carbonyl (C=O) groups is 1. The Morgan fingerprint density at radius 1 is 0.900 bits per heavy atom. The van der Waals surface area contributed by atoms with Crippen molar-refractivity contribution in [3.05, 3.63) is 76.9 Å². The van der Waals surface area contributed by atoms with Gasteiger partial charge < -0.3 is 0 Å². The van der Waals surface area contributed by atoms with Gasteiger partial charge in [0.2, 0.25) is 0 Å². The highest BCUT2D eigenvalue weighted by atomic mass is 16.1. The number of hydrogen-bond acceptors (Lipinski definition) is 1. The molecule has 0 amide bonds. The average molecular weight is 258 g/mol. The van der Waals surface area contributed by atoms with E-state index in [0.717, 1.165) is 22.3 Å². The Balaban J connectivity index is 1.95. The highest BCUT2D eigenvalue weighted by molar-refractivity contribution is 6.30. The average Bonchev–Trinajstić information content (AvgIpc) is 2.46. The molecule has 2 aromatic carbocycles. The summed E-state index contributed by atoms with van der Waals surface area (Å²) >= 11 is 0. The maximum absolute atomic E-state index is 11.8. The van der Waals surface area contributed by atoms with E-state index in [2.05, 4.69) is 11.8 Å². The highest BCUT2D eigenvalue weighted by Crippen LogP contribution is 2.32. The molecule has 0 radical (unpaired) electrons. The molecule has 0 N–H and O–H groups in total. The van der Waals surface area contributed by atoms with E-state index in [1.807, 2.05) is 61.5 Å². The second kappa shape index (κ2) is 5.19. The largest absolute Gasteiger partial charge is 0.294 e. The summed E-state index contributed by atoms with van der Waals surface area (Å²) < 4.78 is 0. The predicted molar refractivity (Wildman–Crippen MR) is 81.0 cm³/mol. The topological polar surface area (TPSA) is 17.1 Å². The van der Waals surface area contributed by atoms with Crippen LogP contribution >= 0.6 is 0 Å². The summed E-state index contributed by atoms with van der Waals surface area (Å²) in [5.41, 5.74) is 4.88. The molecule has 1 nitrogen and oxygen atoms in total. The van der Waals surface area contributed by atoms with Crippen LogP contribution in [-0.4, -0.2) is 5.78 Å². The number of carbonyl (C=O) groups excluding carboxylic acids is 1. The van der Waals surface area contributed by atoms with Crippen LogP contribution in [0, 0.1) is 18.8 Å². The standard InChI is InChI=1S/C19H14O/c1-14-7-10-16(11-8-14)19-17(13-18(19)20)12-9-15-5-3-2-4-6-15/h2-8,10-11H,13H2,1H3. The van der Waals surface area contributed by atoms with Crippen molar-refractivity contribution in [2.75, 3.05) is 0 Å². The molecule has 96 valence electrons. The lowest BCUT2D eigenvalue weighted by atomic mass is 9.82. The number of allylic oxidation sites excluding steroid dienone is 2. The maximum Gasteiger partial charge on any atom is 0.169 e. The van der Waals surface area contributed by atoms with Crippen molar-refractivity contribution < 1.29 is 4.79 Å². The Morgan fingerprint density at radius 2 is 1.60 bits per heavy atom. The molecule has 20 heavy (non-hydrogen) atoms. The van der Waals surface area contributed by atoms with Gasteiger partial charge in [-0.05, 0) is 24.6 Å². The summed E-state index contributed by atoms with van der Waals surface area (Å²) in [7, 11) is 0. The summed E-state index contributed by atoms with van der Waals surface area (Å²) in [4.78, 5) is 11.8. The minimum atomic E-state index is 0.186. The zero-order chi connectivity index (χ0) is 13.9. The monoisotopic (exact) mass is 258 g/mol. The van der Waals surface area contributed by atoms with Gasteiger partial charge >= 0.3 is 0 Å². The van der Waals surface area contributed by atoms with Crippen LogP contribution in [0.4, 0.5) is 0 Å². The molecule has 3 rings (SSSR count). The van der Waals surface area contributed by atoms with E-state index in [-0.39, 0.29) is 5.78 Å². The van der Waals surface area contributed by atoms with Crippen molar-refractivity contribution in [1.29, 1.82) is 0 Å². The van der Waals surface area contributed by atoms with Crippen LogP contribution < -0.4 is 0 Å². The van der Waals surface area contributed by atoms with Crippen molar-refractivity contribution in [3.63, 3.8) is 0 Å². The van der Waals surface area contributed by atoms with E-state index < -0.39 is 0 Å². The number of aryl methyl sites for hydroxylation is 1.